The van der Waals surface area contributed by atoms with Gasteiger partial charge in [-0.1, -0.05) is 13.8 Å². The Kier molecular flexibility index (Phi) is 3.30. The Morgan fingerprint density at radius 3 is 2.64 bits per heavy atom. The van der Waals surface area contributed by atoms with Gasteiger partial charge in [0.25, 0.3) is 0 Å². The highest BCUT2D eigenvalue weighted by Crippen LogP contribution is 2.65. The molecule has 0 radical (unpaired) electrons. The molecule has 0 aromatic carbocycles. The van der Waals surface area contributed by atoms with E-state index in [-0.39, 0.29) is 23.0 Å². The van der Waals surface area contributed by atoms with E-state index in [1.807, 2.05) is 0 Å². The average molecular weight is 306 g/mol. The van der Waals surface area contributed by atoms with Crippen molar-refractivity contribution in [2.24, 2.45) is 34.5 Å². The van der Waals surface area contributed by atoms with E-state index in [9.17, 15) is 15.0 Å². The first-order chi connectivity index (χ1) is 10.4. The molecule has 0 unspecified atom stereocenters. The lowest BCUT2D eigenvalue weighted by Gasteiger charge is -2.61. The molecule has 0 spiro atoms. The number of rotatable bonds is 0. The SMILES string of the molecule is C[C@]12CC[C@H](O)C[C@H]1CC[C@@H]1[C@@H]2[C@H](O)C[C@]2(C)C(=O)CC[C@@H]12. The summed E-state index contributed by atoms with van der Waals surface area (Å²) < 4.78 is 0. The molecule has 0 heterocycles. The van der Waals surface area contributed by atoms with Crippen molar-refractivity contribution in [2.75, 3.05) is 0 Å². The van der Waals surface area contributed by atoms with Gasteiger partial charge in [-0.3, -0.25) is 4.79 Å². The third-order valence-electron chi connectivity index (χ3n) is 8.28. The smallest absolute Gasteiger partial charge is 0.139 e. The van der Waals surface area contributed by atoms with Gasteiger partial charge < -0.3 is 10.2 Å². The van der Waals surface area contributed by atoms with Crippen molar-refractivity contribution in [3.8, 4) is 0 Å². The van der Waals surface area contributed by atoms with Gasteiger partial charge in [0.15, 0.2) is 0 Å². The Hall–Kier alpha value is -0.410. The molecule has 0 bridgehead atoms. The minimum absolute atomic E-state index is 0.145. The van der Waals surface area contributed by atoms with Gasteiger partial charge in [0, 0.05) is 11.8 Å². The summed E-state index contributed by atoms with van der Waals surface area (Å²) in [5.74, 6) is 2.27. The molecule has 3 heteroatoms. The van der Waals surface area contributed by atoms with Crippen LogP contribution in [0.1, 0.15) is 65.2 Å². The zero-order chi connectivity index (χ0) is 15.7. The number of ketones is 1. The summed E-state index contributed by atoms with van der Waals surface area (Å²) >= 11 is 0. The minimum atomic E-state index is -0.337. The second-order valence-electron chi connectivity index (χ2n) is 9.16. The fourth-order valence-corrected chi connectivity index (χ4v) is 7.13. The summed E-state index contributed by atoms with van der Waals surface area (Å²) in [5.41, 5.74) is -0.105. The Morgan fingerprint density at radius 2 is 1.86 bits per heavy atom. The van der Waals surface area contributed by atoms with Crippen molar-refractivity contribution in [1.82, 2.24) is 0 Å². The van der Waals surface area contributed by atoms with E-state index in [1.54, 1.807) is 0 Å². The van der Waals surface area contributed by atoms with Crippen molar-refractivity contribution in [2.45, 2.75) is 77.4 Å². The maximum absolute atomic E-state index is 12.4. The fraction of sp³-hybridized carbons (Fsp3) is 0.947. The molecule has 2 N–H and O–H groups in total. The molecule has 0 aromatic heterocycles. The number of fused-ring (bicyclic) bond motifs is 5. The number of Topliss-reactive ketones (excluding diaryl/α,β-unsaturated/α-hetero) is 1. The minimum Gasteiger partial charge on any atom is -0.393 e. The Morgan fingerprint density at radius 1 is 1.09 bits per heavy atom. The maximum atomic E-state index is 12.4. The zero-order valence-electron chi connectivity index (χ0n) is 13.9. The largest absolute Gasteiger partial charge is 0.393 e. The first-order valence-electron chi connectivity index (χ1n) is 9.25. The van der Waals surface area contributed by atoms with Gasteiger partial charge in [-0.05, 0) is 74.0 Å². The van der Waals surface area contributed by atoms with Crippen LogP contribution >= 0.6 is 0 Å². The Labute approximate surface area is 133 Å². The van der Waals surface area contributed by atoms with Gasteiger partial charge in [-0.25, -0.2) is 0 Å². The lowest BCUT2D eigenvalue weighted by Crippen LogP contribution is -2.59. The number of aliphatic hydroxyl groups is 2. The molecule has 0 saturated heterocycles. The quantitative estimate of drug-likeness (QED) is 0.723. The highest BCUT2D eigenvalue weighted by molar-refractivity contribution is 5.87. The summed E-state index contributed by atoms with van der Waals surface area (Å²) in [4.78, 5) is 12.4. The second-order valence-corrected chi connectivity index (χ2v) is 9.16. The topological polar surface area (TPSA) is 57.5 Å². The van der Waals surface area contributed by atoms with Gasteiger partial charge in [0.2, 0.25) is 0 Å². The van der Waals surface area contributed by atoms with E-state index in [2.05, 4.69) is 13.8 Å². The number of hydrogen-bond acceptors (Lipinski definition) is 3. The van der Waals surface area contributed by atoms with Crippen LogP contribution in [-0.4, -0.2) is 28.2 Å². The van der Waals surface area contributed by atoms with Crippen molar-refractivity contribution < 1.29 is 15.0 Å². The number of aliphatic hydroxyl groups excluding tert-OH is 2. The Bertz CT molecular complexity index is 489. The number of carbonyl (C=O) groups is 1. The van der Waals surface area contributed by atoms with Crippen molar-refractivity contribution >= 4 is 5.78 Å². The summed E-state index contributed by atoms with van der Waals surface area (Å²) in [5, 5.41) is 21.0. The van der Waals surface area contributed by atoms with Gasteiger partial charge in [-0.2, -0.15) is 0 Å². The molecular formula is C19H30O3. The fourth-order valence-electron chi connectivity index (χ4n) is 7.13. The van der Waals surface area contributed by atoms with E-state index in [0.29, 0.717) is 35.9 Å². The maximum Gasteiger partial charge on any atom is 0.139 e. The van der Waals surface area contributed by atoms with E-state index in [0.717, 1.165) is 38.5 Å². The molecule has 3 nitrogen and oxygen atoms in total. The van der Waals surface area contributed by atoms with Crippen LogP contribution in [0.4, 0.5) is 0 Å². The van der Waals surface area contributed by atoms with Crippen LogP contribution in [0.5, 0.6) is 0 Å². The molecule has 0 aliphatic heterocycles. The molecule has 4 aliphatic rings. The van der Waals surface area contributed by atoms with Crippen LogP contribution in [0.3, 0.4) is 0 Å². The van der Waals surface area contributed by atoms with Crippen molar-refractivity contribution in [1.29, 1.82) is 0 Å². The van der Waals surface area contributed by atoms with Crippen LogP contribution in [-0.2, 0) is 4.79 Å². The van der Waals surface area contributed by atoms with Gasteiger partial charge in [-0.15, -0.1) is 0 Å². The lowest BCUT2D eigenvalue weighted by molar-refractivity contribution is -0.175. The molecule has 8 atom stereocenters. The highest BCUT2D eigenvalue weighted by Gasteiger charge is 2.63. The molecule has 124 valence electrons. The molecule has 4 rings (SSSR count). The molecule has 0 aromatic rings. The number of hydrogen-bond donors (Lipinski definition) is 2. The van der Waals surface area contributed by atoms with Crippen molar-refractivity contribution in [3.05, 3.63) is 0 Å². The summed E-state index contributed by atoms with van der Waals surface area (Å²) in [6, 6.07) is 0. The zero-order valence-corrected chi connectivity index (χ0v) is 13.9. The van der Waals surface area contributed by atoms with Crippen LogP contribution in [0.25, 0.3) is 0 Å². The van der Waals surface area contributed by atoms with E-state index >= 15 is 0 Å². The van der Waals surface area contributed by atoms with Crippen LogP contribution in [0.2, 0.25) is 0 Å². The van der Waals surface area contributed by atoms with E-state index < -0.39 is 0 Å². The first kappa shape index (κ1) is 15.1. The second kappa shape index (κ2) is 4.80. The molecule has 4 fully saturated rings. The normalized spacial score (nSPS) is 57.9. The van der Waals surface area contributed by atoms with Gasteiger partial charge in [0.05, 0.1) is 12.2 Å². The predicted octanol–water partition coefficient (Wildman–Crippen LogP) is 2.93. The third-order valence-corrected chi connectivity index (χ3v) is 8.28. The third kappa shape index (κ3) is 1.84. The van der Waals surface area contributed by atoms with Crippen LogP contribution < -0.4 is 0 Å². The summed E-state index contributed by atoms with van der Waals surface area (Å²) in [6.07, 6.45) is 7.08. The molecule has 4 saturated carbocycles. The van der Waals surface area contributed by atoms with Crippen LogP contribution in [0.15, 0.2) is 0 Å². The monoisotopic (exact) mass is 306 g/mol. The molecule has 4 aliphatic carbocycles. The van der Waals surface area contributed by atoms with E-state index in [1.165, 1.54) is 6.42 Å². The molecular weight excluding hydrogens is 276 g/mol. The lowest BCUT2D eigenvalue weighted by atomic mass is 9.44. The summed E-state index contributed by atoms with van der Waals surface area (Å²) in [7, 11) is 0. The molecule has 0 amide bonds. The first-order valence-corrected chi connectivity index (χ1v) is 9.25. The average Bonchev–Trinajstić information content (AvgIpc) is 2.75. The predicted molar refractivity (Wildman–Crippen MR) is 84.1 cm³/mol. The van der Waals surface area contributed by atoms with Gasteiger partial charge >= 0.3 is 0 Å². The number of carbonyl (C=O) groups excluding carboxylic acids is 1. The summed E-state index contributed by atoms with van der Waals surface area (Å²) in [6.45, 7) is 4.48. The van der Waals surface area contributed by atoms with Gasteiger partial charge in [0.1, 0.15) is 5.78 Å². The standard InChI is InChI=1S/C19H30O3/c1-18-8-7-12(20)9-11(18)3-4-13-14-5-6-16(22)19(14,2)10-15(21)17(13)18/h11-15,17,20-21H,3-10H2,1-2H3/t11-,12+,13+,14+,15-,17-,18+,19+/m1/s1. The van der Waals surface area contributed by atoms with Crippen molar-refractivity contribution in [3.63, 3.8) is 0 Å². The highest BCUT2D eigenvalue weighted by atomic mass is 16.3. The van der Waals surface area contributed by atoms with Crippen LogP contribution in [0, 0.1) is 34.5 Å². The Balaban J connectivity index is 1.69. The van der Waals surface area contributed by atoms with E-state index in [4.69, 9.17) is 0 Å². The molecule has 22 heavy (non-hydrogen) atoms.